The monoisotopic (exact) mass is 443 g/mol. The fourth-order valence-corrected chi connectivity index (χ4v) is 6.68. The van der Waals surface area contributed by atoms with E-state index < -0.39 is 6.10 Å². The number of amides is 1. The number of esters is 1. The van der Waals surface area contributed by atoms with Crippen molar-refractivity contribution in [1.82, 2.24) is 5.32 Å². The molecule has 1 aromatic carbocycles. The molecule has 1 amide bonds. The van der Waals surface area contributed by atoms with Crippen LogP contribution in [0.5, 0.6) is 11.5 Å². The van der Waals surface area contributed by atoms with Gasteiger partial charge in [-0.05, 0) is 60.8 Å². The number of aromatic hydroxyl groups is 1. The third kappa shape index (κ3) is 3.15. The Morgan fingerprint density at radius 1 is 1.39 bits per heavy atom. The van der Waals surface area contributed by atoms with Crippen molar-refractivity contribution in [3.05, 3.63) is 34.9 Å². The number of phenolic OH excluding ortho intramolecular Hbond substituents is 1. The van der Waals surface area contributed by atoms with Crippen LogP contribution in [-0.4, -0.2) is 41.5 Å². The first-order valence-corrected chi connectivity index (χ1v) is 11.9. The van der Waals surface area contributed by atoms with Gasteiger partial charge < -0.3 is 19.9 Å². The smallest absolute Gasteiger partial charge is 0.303 e. The zero-order chi connectivity index (χ0) is 21.8. The first-order valence-electron chi connectivity index (χ1n) is 11.2. The molecule has 0 saturated heterocycles. The Labute approximate surface area is 187 Å². The lowest BCUT2D eigenvalue weighted by molar-refractivity contribution is -0.151. The fourth-order valence-electron chi connectivity index (χ4n) is 6.57. The molecule has 1 aliphatic heterocycles. The number of hydrogen-bond acceptors (Lipinski definition) is 6. The number of carbonyl (C=O) groups is 2. The second-order valence-electron chi connectivity index (χ2n) is 9.23. The molecule has 1 heterocycles. The fraction of sp³-hybridized carbons (Fsp3) is 0.583. The van der Waals surface area contributed by atoms with Gasteiger partial charge >= 0.3 is 5.97 Å². The van der Waals surface area contributed by atoms with Crippen molar-refractivity contribution in [2.45, 2.75) is 63.1 Å². The number of phenols is 1. The minimum atomic E-state index is -0.458. The van der Waals surface area contributed by atoms with Gasteiger partial charge in [-0.3, -0.25) is 9.59 Å². The molecule has 7 heteroatoms. The standard InChI is InChI=1S/C24H29NO5S/c1-13(26)29-19-6-5-17-15-3-2-8-24(17)21-16(11-15)14(4-7-20(28)25-9-10-31)12-18(27)22(21)30-23(19)24/h5-6,12,15,17,19,23,27,31H,2-4,7-11H2,1H3,(H,25,28)/t15-,17?,19+,23+,24+/m1/s1. The molecular formula is C24H29NO5S. The van der Waals surface area contributed by atoms with E-state index in [1.807, 2.05) is 6.08 Å². The second-order valence-corrected chi connectivity index (χ2v) is 9.68. The van der Waals surface area contributed by atoms with Crippen molar-refractivity contribution in [2.75, 3.05) is 12.3 Å². The summed E-state index contributed by atoms with van der Waals surface area (Å²) in [5, 5.41) is 13.8. The number of aryl methyl sites for hydroxylation is 1. The Bertz CT molecular complexity index is 960. The van der Waals surface area contributed by atoms with Crippen LogP contribution < -0.4 is 10.1 Å². The van der Waals surface area contributed by atoms with E-state index in [2.05, 4.69) is 24.0 Å². The number of ether oxygens (including phenoxy) is 2. The SMILES string of the molecule is CC(=O)O[C@H]1C=CC2[C@@H]3CCC[C@@]24c2c(c(CCC(=O)NCCS)cc(O)c2O[C@@H]14)C3. The van der Waals surface area contributed by atoms with Crippen LogP contribution in [-0.2, 0) is 32.6 Å². The van der Waals surface area contributed by atoms with Gasteiger partial charge in [-0.15, -0.1) is 0 Å². The Morgan fingerprint density at radius 3 is 3.00 bits per heavy atom. The Balaban J connectivity index is 1.56. The average molecular weight is 444 g/mol. The number of thiol groups is 1. The van der Waals surface area contributed by atoms with Crippen LogP contribution in [0, 0.1) is 11.8 Å². The Hall–Kier alpha value is -2.15. The van der Waals surface area contributed by atoms with Crippen molar-refractivity contribution in [3.63, 3.8) is 0 Å². The number of benzene rings is 1. The van der Waals surface area contributed by atoms with Gasteiger partial charge in [0.15, 0.2) is 17.6 Å². The maximum atomic E-state index is 12.2. The molecule has 5 rings (SSSR count). The van der Waals surface area contributed by atoms with Gasteiger partial charge in [0.1, 0.15) is 6.10 Å². The number of hydrogen-bond donors (Lipinski definition) is 3. The highest BCUT2D eigenvalue weighted by Gasteiger charge is 2.64. The summed E-state index contributed by atoms with van der Waals surface area (Å²) in [5.41, 5.74) is 3.09. The summed E-state index contributed by atoms with van der Waals surface area (Å²) in [5.74, 6) is 1.77. The minimum absolute atomic E-state index is 0.00192. The number of rotatable bonds is 6. The molecule has 2 N–H and O–H groups in total. The summed E-state index contributed by atoms with van der Waals surface area (Å²) >= 11 is 4.14. The van der Waals surface area contributed by atoms with Gasteiger partial charge in [0.2, 0.25) is 5.91 Å². The second kappa shape index (κ2) is 7.76. The highest BCUT2D eigenvalue weighted by Crippen LogP contribution is 2.65. The molecule has 1 spiro atoms. The molecule has 166 valence electrons. The number of nitrogens with one attached hydrogen (secondary N) is 1. The molecule has 0 radical (unpaired) electrons. The molecule has 1 saturated carbocycles. The predicted octanol–water partition coefficient (Wildman–Crippen LogP) is 2.84. The average Bonchev–Trinajstić information content (AvgIpc) is 3.07. The molecule has 31 heavy (non-hydrogen) atoms. The van der Waals surface area contributed by atoms with E-state index in [4.69, 9.17) is 9.47 Å². The summed E-state index contributed by atoms with van der Waals surface area (Å²) in [4.78, 5) is 23.9. The third-order valence-corrected chi connectivity index (χ3v) is 7.80. The van der Waals surface area contributed by atoms with Crippen LogP contribution in [0.1, 0.15) is 49.3 Å². The van der Waals surface area contributed by atoms with Gasteiger partial charge in [-0.1, -0.05) is 12.5 Å². The van der Waals surface area contributed by atoms with Crippen molar-refractivity contribution in [2.24, 2.45) is 11.8 Å². The van der Waals surface area contributed by atoms with E-state index in [1.54, 1.807) is 6.07 Å². The normalized spacial score (nSPS) is 31.5. The van der Waals surface area contributed by atoms with Gasteiger partial charge in [-0.2, -0.15) is 12.6 Å². The lowest BCUT2D eigenvalue weighted by Crippen LogP contribution is -2.58. The zero-order valence-corrected chi connectivity index (χ0v) is 18.6. The summed E-state index contributed by atoms with van der Waals surface area (Å²) in [6.07, 6.45) is 8.52. The van der Waals surface area contributed by atoms with E-state index in [0.717, 1.165) is 36.8 Å². The van der Waals surface area contributed by atoms with E-state index in [9.17, 15) is 14.7 Å². The summed E-state index contributed by atoms with van der Waals surface area (Å²) in [6, 6.07) is 1.78. The summed E-state index contributed by atoms with van der Waals surface area (Å²) in [7, 11) is 0. The third-order valence-electron chi connectivity index (χ3n) is 7.58. The summed E-state index contributed by atoms with van der Waals surface area (Å²) in [6.45, 7) is 1.97. The molecular weight excluding hydrogens is 414 g/mol. The first-order chi connectivity index (χ1) is 15.0. The lowest BCUT2D eigenvalue weighted by atomic mass is 9.49. The molecule has 3 aliphatic carbocycles. The van der Waals surface area contributed by atoms with Gasteiger partial charge in [0.25, 0.3) is 0 Å². The largest absolute Gasteiger partial charge is 0.504 e. The van der Waals surface area contributed by atoms with E-state index in [-0.39, 0.29) is 29.1 Å². The summed E-state index contributed by atoms with van der Waals surface area (Å²) < 4.78 is 12.0. The molecule has 1 fully saturated rings. The van der Waals surface area contributed by atoms with Crippen LogP contribution in [0.25, 0.3) is 0 Å². The van der Waals surface area contributed by atoms with E-state index in [0.29, 0.717) is 42.7 Å². The quantitative estimate of drug-likeness (QED) is 0.358. The van der Waals surface area contributed by atoms with Gasteiger partial charge in [0, 0.05) is 36.6 Å². The molecule has 6 nitrogen and oxygen atoms in total. The zero-order valence-electron chi connectivity index (χ0n) is 17.7. The van der Waals surface area contributed by atoms with Crippen molar-refractivity contribution in [3.8, 4) is 11.5 Å². The molecule has 2 bridgehead atoms. The van der Waals surface area contributed by atoms with Crippen LogP contribution in [0.4, 0.5) is 0 Å². The number of carbonyl (C=O) groups excluding carboxylic acids is 2. The maximum absolute atomic E-state index is 12.2. The van der Waals surface area contributed by atoms with E-state index >= 15 is 0 Å². The van der Waals surface area contributed by atoms with Crippen molar-refractivity contribution in [1.29, 1.82) is 0 Å². The number of allylic oxidation sites excluding steroid dienone is 1. The Morgan fingerprint density at radius 2 is 2.23 bits per heavy atom. The molecule has 1 unspecified atom stereocenters. The molecule has 5 atom stereocenters. The maximum Gasteiger partial charge on any atom is 0.303 e. The minimum Gasteiger partial charge on any atom is -0.504 e. The van der Waals surface area contributed by atoms with Gasteiger partial charge in [0.05, 0.1) is 0 Å². The van der Waals surface area contributed by atoms with Crippen molar-refractivity contribution < 1.29 is 24.2 Å². The van der Waals surface area contributed by atoms with Crippen molar-refractivity contribution >= 4 is 24.5 Å². The highest BCUT2D eigenvalue weighted by molar-refractivity contribution is 7.80. The topological polar surface area (TPSA) is 84.9 Å². The Kier molecular flexibility index (Phi) is 5.19. The molecule has 4 aliphatic rings. The molecule has 0 aromatic heterocycles. The van der Waals surface area contributed by atoms with Gasteiger partial charge in [-0.25, -0.2) is 0 Å². The van der Waals surface area contributed by atoms with Crippen LogP contribution in [0.15, 0.2) is 18.2 Å². The van der Waals surface area contributed by atoms with E-state index in [1.165, 1.54) is 12.5 Å². The predicted molar refractivity (Wildman–Crippen MR) is 119 cm³/mol. The van der Waals surface area contributed by atoms with Crippen LogP contribution in [0.2, 0.25) is 0 Å². The lowest BCUT2D eigenvalue weighted by Gasteiger charge is -2.54. The van der Waals surface area contributed by atoms with Crippen LogP contribution >= 0.6 is 12.6 Å². The molecule has 1 aromatic rings. The first kappa shape index (κ1) is 20.7. The van der Waals surface area contributed by atoms with Crippen LogP contribution in [0.3, 0.4) is 0 Å². The highest BCUT2D eigenvalue weighted by atomic mass is 32.1.